The van der Waals surface area contributed by atoms with Gasteiger partial charge in [-0.15, -0.1) is 0 Å². The van der Waals surface area contributed by atoms with Crippen molar-refractivity contribution in [2.45, 2.75) is 6.17 Å². The molecule has 27 heavy (non-hydrogen) atoms. The van der Waals surface area contributed by atoms with Crippen molar-refractivity contribution >= 4 is 17.3 Å². The fourth-order valence-electron chi connectivity index (χ4n) is 3.22. The maximum absolute atomic E-state index is 13.4. The van der Waals surface area contributed by atoms with Gasteiger partial charge in [-0.2, -0.15) is 0 Å². The normalized spacial score (nSPS) is 15.9. The Labute approximate surface area is 155 Å². The van der Waals surface area contributed by atoms with Crippen LogP contribution in [0, 0.1) is 5.82 Å². The van der Waals surface area contributed by atoms with E-state index in [0.29, 0.717) is 22.7 Å². The number of ether oxygens (including phenoxy) is 1. The van der Waals surface area contributed by atoms with Gasteiger partial charge in [0.1, 0.15) is 12.0 Å². The van der Waals surface area contributed by atoms with Crippen LogP contribution in [0.1, 0.15) is 22.1 Å². The fraction of sp³-hybridized carbons (Fsp3) is 0.0952. The number of phenols is 1. The van der Waals surface area contributed by atoms with E-state index in [-0.39, 0.29) is 17.5 Å². The van der Waals surface area contributed by atoms with Crippen LogP contribution >= 0.6 is 0 Å². The molecule has 1 heterocycles. The number of amides is 1. The van der Waals surface area contributed by atoms with Crippen molar-refractivity contribution in [3.05, 3.63) is 83.7 Å². The van der Waals surface area contributed by atoms with E-state index in [1.54, 1.807) is 41.3 Å². The highest BCUT2D eigenvalue weighted by atomic mass is 19.1. The zero-order chi connectivity index (χ0) is 19.0. The van der Waals surface area contributed by atoms with Crippen LogP contribution in [-0.4, -0.2) is 18.1 Å². The smallest absolute Gasteiger partial charge is 0.262 e. The summed E-state index contributed by atoms with van der Waals surface area (Å²) in [6.07, 6.45) is -0.549. The van der Waals surface area contributed by atoms with Crippen LogP contribution in [0.5, 0.6) is 11.5 Å². The van der Waals surface area contributed by atoms with E-state index in [9.17, 15) is 14.3 Å². The van der Waals surface area contributed by atoms with Gasteiger partial charge in [-0.3, -0.25) is 9.69 Å². The number of phenolic OH excluding ortho intramolecular Hbond substituents is 1. The molecule has 2 N–H and O–H groups in total. The third-order valence-corrected chi connectivity index (χ3v) is 4.55. The molecule has 0 radical (unpaired) electrons. The summed E-state index contributed by atoms with van der Waals surface area (Å²) < 4.78 is 18.6. The summed E-state index contributed by atoms with van der Waals surface area (Å²) in [5, 5.41) is 13.2. The monoisotopic (exact) mass is 364 g/mol. The number of methoxy groups -OCH3 is 1. The van der Waals surface area contributed by atoms with E-state index in [4.69, 9.17) is 4.74 Å². The number of nitrogens with zero attached hydrogens (tertiary/aromatic N) is 1. The summed E-state index contributed by atoms with van der Waals surface area (Å²) in [6, 6.07) is 17.9. The Hall–Kier alpha value is -3.54. The molecule has 0 spiro atoms. The summed E-state index contributed by atoms with van der Waals surface area (Å²) in [7, 11) is 1.46. The average molecular weight is 364 g/mol. The first kappa shape index (κ1) is 16.9. The van der Waals surface area contributed by atoms with Crippen LogP contribution in [0.4, 0.5) is 15.8 Å². The molecule has 3 aromatic carbocycles. The van der Waals surface area contributed by atoms with Crippen LogP contribution in [0.2, 0.25) is 0 Å². The number of rotatable bonds is 3. The molecule has 1 aliphatic heterocycles. The minimum Gasteiger partial charge on any atom is -0.504 e. The molecule has 1 unspecified atom stereocenters. The zero-order valence-electron chi connectivity index (χ0n) is 14.5. The van der Waals surface area contributed by atoms with Crippen molar-refractivity contribution in [3.8, 4) is 11.5 Å². The number of halogens is 1. The number of para-hydroxylation sites is 1. The first-order valence-electron chi connectivity index (χ1n) is 8.40. The molecule has 0 aromatic heterocycles. The minimum atomic E-state index is -0.549. The maximum atomic E-state index is 13.4. The Morgan fingerprint density at radius 3 is 2.56 bits per heavy atom. The second-order valence-electron chi connectivity index (χ2n) is 6.18. The fourth-order valence-corrected chi connectivity index (χ4v) is 3.22. The largest absolute Gasteiger partial charge is 0.504 e. The Morgan fingerprint density at radius 2 is 1.81 bits per heavy atom. The molecular formula is C21H17FN2O3. The van der Waals surface area contributed by atoms with Crippen molar-refractivity contribution in [1.29, 1.82) is 0 Å². The van der Waals surface area contributed by atoms with Crippen LogP contribution in [-0.2, 0) is 0 Å². The summed E-state index contributed by atoms with van der Waals surface area (Å²) in [4.78, 5) is 14.8. The third kappa shape index (κ3) is 2.95. The van der Waals surface area contributed by atoms with Gasteiger partial charge in [0.25, 0.3) is 5.91 Å². The quantitative estimate of drug-likeness (QED) is 0.727. The molecule has 6 heteroatoms. The van der Waals surface area contributed by atoms with Crippen molar-refractivity contribution in [2.75, 3.05) is 17.3 Å². The predicted molar refractivity (Wildman–Crippen MR) is 101 cm³/mol. The van der Waals surface area contributed by atoms with Gasteiger partial charge < -0.3 is 15.2 Å². The number of benzene rings is 3. The van der Waals surface area contributed by atoms with E-state index >= 15 is 0 Å². The lowest BCUT2D eigenvalue weighted by Gasteiger charge is -2.38. The molecule has 3 aromatic rings. The highest BCUT2D eigenvalue weighted by Gasteiger charge is 2.34. The maximum Gasteiger partial charge on any atom is 0.262 e. The number of fused-ring (bicyclic) bond motifs is 1. The minimum absolute atomic E-state index is 0.0112. The number of hydrogen-bond donors (Lipinski definition) is 2. The highest BCUT2D eigenvalue weighted by molar-refractivity contribution is 6.12. The van der Waals surface area contributed by atoms with E-state index in [1.807, 2.05) is 12.1 Å². The molecule has 4 rings (SSSR count). The third-order valence-electron chi connectivity index (χ3n) is 4.55. The molecule has 0 bridgehead atoms. The SMILES string of the molecule is COc1cc(C2Nc3ccccc3C(=O)N2c2ccc(F)cc2)ccc1O. The Kier molecular flexibility index (Phi) is 4.16. The summed E-state index contributed by atoms with van der Waals surface area (Å²) in [6.45, 7) is 0. The molecule has 1 amide bonds. The summed E-state index contributed by atoms with van der Waals surface area (Å²) >= 11 is 0. The number of carbonyl (C=O) groups excluding carboxylic acids is 1. The van der Waals surface area contributed by atoms with Gasteiger partial charge in [0, 0.05) is 11.4 Å². The van der Waals surface area contributed by atoms with E-state index in [1.165, 1.54) is 25.3 Å². The molecule has 0 saturated carbocycles. The number of aromatic hydroxyl groups is 1. The van der Waals surface area contributed by atoms with Crippen molar-refractivity contribution in [2.24, 2.45) is 0 Å². The first-order valence-corrected chi connectivity index (χ1v) is 8.40. The summed E-state index contributed by atoms with van der Waals surface area (Å²) in [5.41, 5.74) is 2.51. The average Bonchev–Trinajstić information content (AvgIpc) is 2.69. The van der Waals surface area contributed by atoms with Gasteiger partial charge in [-0.25, -0.2) is 4.39 Å². The van der Waals surface area contributed by atoms with E-state index < -0.39 is 6.17 Å². The van der Waals surface area contributed by atoms with Gasteiger partial charge in [0.2, 0.25) is 0 Å². The van der Waals surface area contributed by atoms with Gasteiger partial charge in [0.15, 0.2) is 11.5 Å². The van der Waals surface area contributed by atoms with Crippen LogP contribution in [0.15, 0.2) is 66.7 Å². The van der Waals surface area contributed by atoms with Crippen molar-refractivity contribution < 1.29 is 19.0 Å². The molecule has 1 aliphatic rings. The molecule has 5 nitrogen and oxygen atoms in total. The standard InChI is InChI=1S/C21H17FN2O3/c1-27-19-12-13(6-11-18(19)25)20-23-17-5-3-2-4-16(17)21(26)24(20)15-9-7-14(22)8-10-15/h2-12,20,23,25H,1H3. The van der Waals surface area contributed by atoms with Crippen molar-refractivity contribution in [1.82, 2.24) is 0 Å². The lowest BCUT2D eigenvalue weighted by molar-refractivity contribution is 0.0975. The molecule has 0 saturated heterocycles. The second-order valence-corrected chi connectivity index (χ2v) is 6.18. The van der Waals surface area contributed by atoms with Gasteiger partial charge in [0.05, 0.1) is 12.7 Å². The lowest BCUT2D eigenvalue weighted by atomic mass is 10.0. The van der Waals surface area contributed by atoms with Gasteiger partial charge in [-0.05, 0) is 54.1 Å². The summed E-state index contributed by atoms with van der Waals surface area (Å²) in [5.74, 6) is -0.260. The Balaban J connectivity index is 1.86. The molecule has 136 valence electrons. The number of nitrogens with one attached hydrogen (secondary N) is 1. The molecular weight excluding hydrogens is 347 g/mol. The van der Waals surface area contributed by atoms with Crippen LogP contribution < -0.4 is 15.0 Å². The zero-order valence-corrected chi connectivity index (χ0v) is 14.5. The van der Waals surface area contributed by atoms with Crippen molar-refractivity contribution in [3.63, 3.8) is 0 Å². The van der Waals surface area contributed by atoms with E-state index in [0.717, 1.165) is 5.56 Å². The molecule has 0 aliphatic carbocycles. The predicted octanol–water partition coefficient (Wildman–Crippen LogP) is 4.31. The second kappa shape index (κ2) is 6.64. The number of carbonyl (C=O) groups is 1. The Morgan fingerprint density at radius 1 is 1.07 bits per heavy atom. The highest BCUT2D eigenvalue weighted by Crippen LogP contribution is 2.38. The molecule has 0 fully saturated rings. The topological polar surface area (TPSA) is 61.8 Å². The van der Waals surface area contributed by atoms with Crippen LogP contribution in [0.25, 0.3) is 0 Å². The first-order chi connectivity index (χ1) is 13.1. The molecule has 1 atom stereocenters. The van der Waals surface area contributed by atoms with E-state index in [2.05, 4.69) is 5.32 Å². The Bertz CT molecular complexity index is 1000. The van der Waals surface area contributed by atoms with Gasteiger partial charge >= 0.3 is 0 Å². The van der Waals surface area contributed by atoms with Crippen LogP contribution in [0.3, 0.4) is 0 Å². The number of anilines is 2. The van der Waals surface area contributed by atoms with Gasteiger partial charge in [-0.1, -0.05) is 18.2 Å². The number of hydrogen-bond acceptors (Lipinski definition) is 4. The lowest BCUT2D eigenvalue weighted by Crippen LogP contribution is -2.43.